The number of aromatic nitrogens is 1. The number of nitrogens with two attached hydrogens (primary N) is 1. The maximum Gasteiger partial charge on any atom is 0.255 e. The van der Waals surface area contributed by atoms with Crippen molar-refractivity contribution in [2.24, 2.45) is 0 Å². The number of nitrogens with zero attached hydrogens (tertiary/aromatic N) is 1. The van der Waals surface area contributed by atoms with Gasteiger partial charge in [0, 0.05) is 18.1 Å². The molecule has 4 heteroatoms. The zero-order chi connectivity index (χ0) is 13.8. The minimum absolute atomic E-state index is 0.0756. The second-order valence-corrected chi connectivity index (χ2v) is 4.51. The van der Waals surface area contributed by atoms with E-state index in [1.54, 1.807) is 12.3 Å². The SMILES string of the molecule is Cc1ccccc1C(C)NC(=O)c1cnccc1N. The molecule has 0 spiro atoms. The molecule has 1 aromatic carbocycles. The Balaban J connectivity index is 2.16. The molecule has 2 aromatic rings. The van der Waals surface area contributed by atoms with E-state index >= 15 is 0 Å². The number of nitrogens with one attached hydrogen (secondary N) is 1. The molecule has 2 rings (SSSR count). The Labute approximate surface area is 112 Å². The van der Waals surface area contributed by atoms with E-state index in [-0.39, 0.29) is 11.9 Å². The molecule has 0 radical (unpaired) electrons. The van der Waals surface area contributed by atoms with E-state index in [2.05, 4.69) is 10.3 Å². The van der Waals surface area contributed by atoms with Crippen molar-refractivity contribution in [2.45, 2.75) is 19.9 Å². The van der Waals surface area contributed by atoms with Crippen LogP contribution in [-0.4, -0.2) is 10.9 Å². The lowest BCUT2D eigenvalue weighted by Gasteiger charge is -2.17. The molecule has 4 nitrogen and oxygen atoms in total. The van der Waals surface area contributed by atoms with Gasteiger partial charge in [0.1, 0.15) is 0 Å². The number of carbonyl (C=O) groups is 1. The Bertz CT molecular complexity index is 595. The quantitative estimate of drug-likeness (QED) is 0.885. The van der Waals surface area contributed by atoms with Crippen LogP contribution < -0.4 is 11.1 Å². The van der Waals surface area contributed by atoms with Crippen molar-refractivity contribution in [1.82, 2.24) is 10.3 Å². The van der Waals surface area contributed by atoms with Crippen LogP contribution in [0.1, 0.15) is 34.5 Å². The van der Waals surface area contributed by atoms with E-state index in [9.17, 15) is 4.79 Å². The highest BCUT2D eigenvalue weighted by Gasteiger charge is 2.14. The molecule has 1 atom stereocenters. The Hall–Kier alpha value is -2.36. The first-order valence-corrected chi connectivity index (χ1v) is 6.15. The van der Waals surface area contributed by atoms with Crippen molar-refractivity contribution in [2.75, 3.05) is 5.73 Å². The topological polar surface area (TPSA) is 68.0 Å². The van der Waals surface area contributed by atoms with Gasteiger partial charge in [-0.1, -0.05) is 24.3 Å². The highest BCUT2D eigenvalue weighted by molar-refractivity contribution is 5.98. The van der Waals surface area contributed by atoms with Gasteiger partial charge in [-0.3, -0.25) is 9.78 Å². The molecule has 0 fully saturated rings. The van der Waals surface area contributed by atoms with Crippen LogP contribution in [0.25, 0.3) is 0 Å². The van der Waals surface area contributed by atoms with E-state index in [0.717, 1.165) is 11.1 Å². The maximum absolute atomic E-state index is 12.1. The first-order valence-electron chi connectivity index (χ1n) is 6.15. The predicted molar refractivity (Wildman–Crippen MR) is 75.7 cm³/mol. The van der Waals surface area contributed by atoms with E-state index < -0.39 is 0 Å². The monoisotopic (exact) mass is 255 g/mol. The lowest BCUT2D eigenvalue weighted by Crippen LogP contribution is -2.27. The number of pyridine rings is 1. The zero-order valence-corrected chi connectivity index (χ0v) is 11.1. The summed E-state index contributed by atoms with van der Waals surface area (Å²) in [7, 11) is 0. The highest BCUT2D eigenvalue weighted by Crippen LogP contribution is 2.18. The lowest BCUT2D eigenvalue weighted by molar-refractivity contribution is 0.0940. The molecule has 1 unspecified atom stereocenters. The molecule has 0 bridgehead atoms. The summed E-state index contributed by atoms with van der Waals surface area (Å²) < 4.78 is 0. The second-order valence-electron chi connectivity index (χ2n) is 4.51. The van der Waals surface area contributed by atoms with Gasteiger partial charge in [0.2, 0.25) is 0 Å². The van der Waals surface area contributed by atoms with E-state index in [1.807, 2.05) is 38.1 Å². The van der Waals surface area contributed by atoms with Gasteiger partial charge in [-0.15, -0.1) is 0 Å². The third-order valence-corrected chi connectivity index (χ3v) is 3.10. The van der Waals surface area contributed by atoms with Gasteiger partial charge in [0.25, 0.3) is 5.91 Å². The molecule has 0 saturated carbocycles. The van der Waals surface area contributed by atoms with Crippen LogP contribution in [0.3, 0.4) is 0 Å². The van der Waals surface area contributed by atoms with Crippen molar-refractivity contribution in [1.29, 1.82) is 0 Å². The third kappa shape index (κ3) is 2.91. The van der Waals surface area contributed by atoms with E-state index in [0.29, 0.717) is 11.3 Å². The molecule has 1 amide bonds. The van der Waals surface area contributed by atoms with Crippen molar-refractivity contribution >= 4 is 11.6 Å². The molecule has 1 heterocycles. The molecule has 0 aliphatic rings. The zero-order valence-electron chi connectivity index (χ0n) is 11.1. The molecule has 0 saturated heterocycles. The number of benzene rings is 1. The summed E-state index contributed by atoms with van der Waals surface area (Å²) in [5.74, 6) is -0.207. The molecule has 0 aliphatic heterocycles. The van der Waals surface area contributed by atoms with Crippen molar-refractivity contribution < 1.29 is 4.79 Å². The number of rotatable bonds is 3. The third-order valence-electron chi connectivity index (χ3n) is 3.10. The number of hydrogen-bond donors (Lipinski definition) is 2. The van der Waals surface area contributed by atoms with Gasteiger partial charge in [0.05, 0.1) is 11.6 Å². The van der Waals surface area contributed by atoms with Crippen LogP contribution in [0.4, 0.5) is 5.69 Å². The van der Waals surface area contributed by atoms with Crippen LogP contribution in [0, 0.1) is 6.92 Å². The van der Waals surface area contributed by atoms with Crippen molar-refractivity contribution in [3.05, 3.63) is 59.4 Å². The second kappa shape index (κ2) is 5.52. The molecule has 19 heavy (non-hydrogen) atoms. The number of hydrogen-bond acceptors (Lipinski definition) is 3. The van der Waals surface area contributed by atoms with Crippen LogP contribution in [0.2, 0.25) is 0 Å². The average molecular weight is 255 g/mol. The summed E-state index contributed by atoms with van der Waals surface area (Å²) in [5.41, 5.74) is 8.85. The number of anilines is 1. The average Bonchev–Trinajstić information content (AvgIpc) is 2.39. The van der Waals surface area contributed by atoms with Gasteiger partial charge in [-0.25, -0.2) is 0 Å². The lowest BCUT2D eigenvalue weighted by atomic mass is 10.0. The van der Waals surface area contributed by atoms with Crippen molar-refractivity contribution in [3.63, 3.8) is 0 Å². The minimum atomic E-state index is -0.207. The molecular weight excluding hydrogens is 238 g/mol. The van der Waals surface area contributed by atoms with E-state index in [1.165, 1.54) is 6.20 Å². The number of amides is 1. The Kier molecular flexibility index (Phi) is 3.80. The summed E-state index contributed by atoms with van der Waals surface area (Å²) in [6, 6.07) is 9.51. The van der Waals surface area contributed by atoms with Gasteiger partial charge in [0.15, 0.2) is 0 Å². The first-order chi connectivity index (χ1) is 9.09. The van der Waals surface area contributed by atoms with Gasteiger partial charge >= 0.3 is 0 Å². The maximum atomic E-state index is 12.1. The number of carbonyl (C=O) groups excluding carboxylic acids is 1. The predicted octanol–water partition coefficient (Wildman–Crippen LogP) is 2.46. The molecule has 0 aliphatic carbocycles. The van der Waals surface area contributed by atoms with Crippen LogP contribution in [-0.2, 0) is 0 Å². The first kappa shape index (κ1) is 13.1. The molecular formula is C15H17N3O. The summed E-state index contributed by atoms with van der Waals surface area (Å²) in [5, 5.41) is 2.94. The largest absolute Gasteiger partial charge is 0.398 e. The van der Waals surface area contributed by atoms with Gasteiger partial charge < -0.3 is 11.1 Å². The Morgan fingerprint density at radius 2 is 2.05 bits per heavy atom. The molecule has 98 valence electrons. The summed E-state index contributed by atoms with van der Waals surface area (Å²) in [6.07, 6.45) is 3.05. The van der Waals surface area contributed by atoms with Gasteiger partial charge in [-0.05, 0) is 31.0 Å². The van der Waals surface area contributed by atoms with Crippen LogP contribution in [0.15, 0.2) is 42.7 Å². The van der Waals surface area contributed by atoms with E-state index in [4.69, 9.17) is 5.73 Å². The fourth-order valence-corrected chi connectivity index (χ4v) is 2.02. The van der Waals surface area contributed by atoms with Crippen LogP contribution in [0.5, 0.6) is 0 Å². The summed E-state index contributed by atoms with van der Waals surface area (Å²) in [4.78, 5) is 16.1. The Morgan fingerprint density at radius 1 is 1.32 bits per heavy atom. The van der Waals surface area contributed by atoms with Crippen LogP contribution >= 0.6 is 0 Å². The highest BCUT2D eigenvalue weighted by atomic mass is 16.1. The number of aryl methyl sites for hydroxylation is 1. The van der Waals surface area contributed by atoms with Gasteiger partial charge in [-0.2, -0.15) is 0 Å². The number of nitrogen functional groups attached to an aromatic ring is 1. The standard InChI is InChI=1S/C15H17N3O/c1-10-5-3-4-6-12(10)11(2)18-15(19)13-9-17-8-7-14(13)16/h3-9,11H,1-2H3,(H2,16,17)(H,18,19). The summed E-state index contributed by atoms with van der Waals surface area (Å²) in [6.45, 7) is 3.98. The summed E-state index contributed by atoms with van der Waals surface area (Å²) >= 11 is 0. The normalized spacial score (nSPS) is 11.9. The van der Waals surface area contributed by atoms with Crippen molar-refractivity contribution in [3.8, 4) is 0 Å². The molecule has 1 aromatic heterocycles. The Morgan fingerprint density at radius 3 is 2.74 bits per heavy atom. The fraction of sp³-hybridized carbons (Fsp3) is 0.200. The minimum Gasteiger partial charge on any atom is -0.398 e. The molecule has 3 N–H and O–H groups in total. The smallest absolute Gasteiger partial charge is 0.255 e. The fourth-order valence-electron chi connectivity index (χ4n) is 2.02.